The van der Waals surface area contributed by atoms with Gasteiger partial charge in [0, 0.05) is 29.5 Å². The van der Waals surface area contributed by atoms with Gasteiger partial charge in [0.05, 0.1) is 36.4 Å². The number of sulfonamides is 1. The molecular weight excluding hydrogens is 534 g/mol. The average molecular weight is 562 g/mol. The van der Waals surface area contributed by atoms with Gasteiger partial charge in [-0.15, -0.1) is 0 Å². The lowest BCUT2D eigenvalue weighted by molar-refractivity contribution is 0.0600. The standard InChI is InChI=1S/C28H27N5O4S2/c1-18-16-21(12-13-22(18)31-39(3,35)36)33-26(25(30-28(33)38)23-10-4-5-14-29-23)24-11-7-15-32(24)20-9-6-8-19(17-20)27(34)37-2/h4-17,25-26,31H,1-3H3,(H,30,38)/t25-,26+/m1/s1. The van der Waals surface area contributed by atoms with E-state index >= 15 is 0 Å². The predicted octanol–water partition coefficient (Wildman–Crippen LogP) is 4.52. The number of methoxy groups -OCH3 is 1. The monoisotopic (exact) mass is 561 g/mol. The number of esters is 1. The number of aromatic nitrogens is 2. The van der Waals surface area contributed by atoms with Crippen molar-refractivity contribution < 1.29 is 17.9 Å². The molecule has 1 aliphatic heterocycles. The van der Waals surface area contributed by atoms with Crippen LogP contribution in [-0.2, 0) is 14.8 Å². The van der Waals surface area contributed by atoms with E-state index in [-0.39, 0.29) is 12.1 Å². The highest BCUT2D eigenvalue weighted by Crippen LogP contribution is 2.43. The molecule has 2 aromatic heterocycles. The minimum atomic E-state index is -3.43. The summed E-state index contributed by atoms with van der Waals surface area (Å²) in [5, 5.41) is 3.95. The summed E-state index contributed by atoms with van der Waals surface area (Å²) < 4.78 is 33.1. The molecule has 1 fully saturated rings. The second kappa shape index (κ2) is 10.5. The van der Waals surface area contributed by atoms with Gasteiger partial charge in [0.15, 0.2) is 5.11 Å². The highest BCUT2D eigenvalue weighted by Gasteiger charge is 2.42. The van der Waals surface area contributed by atoms with E-state index in [1.807, 2.05) is 77.2 Å². The van der Waals surface area contributed by atoms with E-state index in [0.717, 1.165) is 34.6 Å². The van der Waals surface area contributed by atoms with Crippen molar-refractivity contribution in [3.05, 3.63) is 108 Å². The molecule has 11 heteroatoms. The Hall–Kier alpha value is -4.22. The molecule has 5 rings (SSSR count). The Kier molecular flexibility index (Phi) is 7.11. The molecule has 0 amide bonds. The lowest BCUT2D eigenvalue weighted by Crippen LogP contribution is -2.30. The normalized spacial score (nSPS) is 17.1. The number of anilines is 2. The average Bonchev–Trinajstić information content (AvgIpc) is 3.53. The Balaban J connectivity index is 1.63. The molecule has 4 aromatic rings. The molecule has 0 radical (unpaired) electrons. The number of carbonyl (C=O) groups is 1. The molecule has 0 saturated carbocycles. The SMILES string of the molecule is COC(=O)c1cccc(-n2cccc2[C@H]2[C@@H](c3ccccn3)NC(=S)N2c2ccc(NS(C)(=O)=O)c(C)c2)c1. The van der Waals surface area contributed by atoms with Gasteiger partial charge in [0.2, 0.25) is 10.0 Å². The van der Waals surface area contributed by atoms with Gasteiger partial charge in [-0.05, 0) is 85.4 Å². The molecule has 2 N–H and O–H groups in total. The fourth-order valence-corrected chi connectivity index (χ4v) is 5.79. The fraction of sp³-hybridized carbons (Fsp3) is 0.179. The van der Waals surface area contributed by atoms with Crippen LogP contribution in [0.5, 0.6) is 0 Å². The minimum absolute atomic E-state index is 0.287. The van der Waals surface area contributed by atoms with Crippen LogP contribution < -0.4 is 14.9 Å². The Labute approximate surface area is 232 Å². The smallest absolute Gasteiger partial charge is 0.337 e. The first kappa shape index (κ1) is 26.4. The third kappa shape index (κ3) is 5.36. The van der Waals surface area contributed by atoms with E-state index in [1.165, 1.54) is 7.11 Å². The molecule has 2 aromatic carbocycles. The van der Waals surface area contributed by atoms with Crippen molar-refractivity contribution in [1.82, 2.24) is 14.9 Å². The predicted molar refractivity (Wildman–Crippen MR) is 155 cm³/mol. The number of nitrogens with zero attached hydrogens (tertiary/aromatic N) is 3. The second-order valence-corrected chi connectivity index (χ2v) is 11.4. The summed E-state index contributed by atoms with van der Waals surface area (Å²) >= 11 is 5.85. The number of thiocarbonyl (C=S) groups is 1. The van der Waals surface area contributed by atoms with Gasteiger partial charge in [-0.3, -0.25) is 9.71 Å². The van der Waals surface area contributed by atoms with Crippen LogP contribution in [0.1, 0.15) is 39.4 Å². The molecule has 0 unspecified atom stereocenters. The highest BCUT2D eigenvalue weighted by molar-refractivity contribution is 7.92. The third-order valence-corrected chi connectivity index (χ3v) is 7.42. The minimum Gasteiger partial charge on any atom is -0.465 e. The van der Waals surface area contributed by atoms with Crippen molar-refractivity contribution in [3.8, 4) is 5.69 Å². The summed E-state index contributed by atoms with van der Waals surface area (Å²) in [7, 11) is -2.07. The van der Waals surface area contributed by atoms with Crippen LogP contribution in [-0.4, -0.2) is 42.4 Å². The lowest BCUT2D eigenvalue weighted by atomic mass is 10.00. The number of hydrogen-bond acceptors (Lipinski definition) is 6. The van der Waals surface area contributed by atoms with E-state index < -0.39 is 16.0 Å². The van der Waals surface area contributed by atoms with Crippen LogP contribution in [0, 0.1) is 6.92 Å². The number of hydrogen-bond donors (Lipinski definition) is 2. The largest absolute Gasteiger partial charge is 0.465 e. The van der Waals surface area contributed by atoms with Crippen molar-refractivity contribution >= 4 is 44.7 Å². The molecule has 1 aliphatic rings. The summed E-state index contributed by atoms with van der Waals surface area (Å²) in [6.07, 6.45) is 4.80. The van der Waals surface area contributed by atoms with E-state index in [1.54, 1.807) is 24.4 Å². The van der Waals surface area contributed by atoms with Crippen LogP contribution in [0.25, 0.3) is 5.69 Å². The number of carbonyl (C=O) groups excluding carboxylic acids is 1. The van der Waals surface area contributed by atoms with Crippen LogP contribution in [0.2, 0.25) is 0 Å². The first-order chi connectivity index (χ1) is 18.7. The maximum Gasteiger partial charge on any atom is 0.337 e. The summed E-state index contributed by atoms with van der Waals surface area (Å²) in [5.74, 6) is -0.416. The van der Waals surface area contributed by atoms with Crippen LogP contribution in [0.15, 0.2) is 85.2 Å². The first-order valence-corrected chi connectivity index (χ1v) is 14.4. The zero-order chi connectivity index (χ0) is 27.7. The fourth-order valence-electron chi connectivity index (χ4n) is 4.82. The Morgan fingerprint density at radius 1 is 1.05 bits per heavy atom. The van der Waals surface area contributed by atoms with Crippen molar-refractivity contribution in [3.63, 3.8) is 0 Å². The summed E-state index contributed by atoms with van der Waals surface area (Å²) in [6, 6.07) is 21.8. The summed E-state index contributed by atoms with van der Waals surface area (Å²) in [6.45, 7) is 1.84. The number of benzene rings is 2. The molecule has 3 heterocycles. The molecule has 200 valence electrons. The molecule has 39 heavy (non-hydrogen) atoms. The number of pyridine rings is 1. The van der Waals surface area contributed by atoms with E-state index in [4.69, 9.17) is 17.0 Å². The van der Waals surface area contributed by atoms with Gasteiger partial charge < -0.3 is 19.5 Å². The quantitative estimate of drug-likeness (QED) is 0.251. The molecule has 1 saturated heterocycles. The number of rotatable bonds is 7. The zero-order valence-corrected chi connectivity index (χ0v) is 23.2. The Bertz CT molecular complexity index is 1650. The van der Waals surface area contributed by atoms with E-state index in [9.17, 15) is 13.2 Å². The Morgan fingerprint density at radius 2 is 1.87 bits per heavy atom. The number of nitrogens with one attached hydrogen (secondary N) is 2. The number of aryl methyl sites for hydroxylation is 1. The topological polar surface area (TPSA) is 106 Å². The maximum atomic E-state index is 12.2. The molecule has 9 nitrogen and oxygen atoms in total. The van der Waals surface area contributed by atoms with Crippen LogP contribution in [0.4, 0.5) is 11.4 Å². The maximum absolute atomic E-state index is 12.2. The van der Waals surface area contributed by atoms with Gasteiger partial charge in [-0.1, -0.05) is 12.1 Å². The number of ether oxygens (including phenoxy) is 1. The summed E-state index contributed by atoms with van der Waals surface area (Å²) in [5.41, 5.74) is 5.01. The molecule has 0 aliphatic carbocycles. The molecule has 0 bridgehead atoms. The zero-order valence-electron chi connectivity index (χ0n) is 21.5. The molecular formula is C28H27N5O4S2. The van der Waals surface area contributed by atoms with Gasteiger partial charge in [0.1, 0.15) is 6.04 Å². The first-order valence-electron chi connectivity index (χ1n) is 12.1. The van der Waals surface area contributed by atoms with Gasteiger partial charge in [0.25, 0.3) is 0 Å². The van der Waals surface area contributed by atoms with Crippen LogP contribution >= 0.6 is 12.2 Å². The van der Waals surface area contributed by atoms with Gasteiger partial charge >= 0.3 is 5.97 Å². The molecule has 2 atom stereocenters. The van der Waals surface area contributed by atoms with Gasteiger partial charge in [-0.25, -0.2) is 13.2 Å². The second-order valence-electron chi connectivity index (χ2n) is 9.22. The van der Waals surface area contributed by atoms with Crippen molar-refractivity contribution in [2.75, 3.05) is 23.0 Å². The van der Waals surface area contributed by atoms with Crippen molar-refractivity contribution in [2.24, 2.45) is 0 Å². The van der Waals surface area contributed by atoms with Crippen molar-refractivity contribution in [1.29, 1.82) is 0 Å². The van der Waals surface area contributed by atoms with E-state index in [0.29, 0.717) is 16.4 Å². The van der Waals surface area contributed by atoms with Crippen molar-refractivity contribution in [2.45, 2.75) is 19.0 Å². The third-order valence-electron chi connectivity index (χ3n) is 6.51. The van der Waals surface area contributed by atoms with Gasteiger partial charge in [-0.2, -0.15) is 0 Å². The highest BCUT2D eigenvalue weighted by atomic mass is 32.2. The lowest BCUT2D eigenvalue weighted by Gasteiger charge is -2.29. The summed E-state index contributed by atoms with van der Waals surface area (Å²) in [4.78, 5) is 18.8. The van der Waals surface area contributed by atoms with Crippen LogP contribution in [0.3, 0.4) is 0 Å². The Morgan fingerprint density at radius 3 is 2.56 bits per heavy atom. The molecule has 0 spiro atoms. The van der Waals surface area contributed by atoms with E-state index in [2.05, 4.69) is 15.0 Å².